The molecule has 2 aromatic heterocycles. The molecular formula is C28H32N4O. The Morgan fingerprint density at radius 3 is 2.67 bits per heavy atom. The number of fused-ring (bicyclic) bond motifs is 2. The van der Waals surface area contributed by atoms with Crippen molar-refractivity contribution in [2.75, 3.05) is 27.2 Å². The Hall–Kier alpha value is -3.18. The molecule has 1 fully saturated rings. The molecule has 1 saturated heterocycles. The predicted molar refractivity (Wildman–Crippen MR) is 135 cm³/mol. The lowest BCUT2D eigenvalue weighted by atomic mass is 10.0. The summed E-state index contributed by atoms with van der Waals surface area (Å²) in [6.07, 6.45) is 4.39. The Kier molecular flexibility index (Phi) is 6.14. The Morgan fingerprint density at radius 1 is 1.06 bits per heavy atom. The SMILES string of the molecule is CN1CCC(N(C)C(=O)CCCc2c(-c3ccc4ccccc4n3)[nH]c3ccccc23)CC1. The van der Waals surface area contributed by atoms with Crippen LogP contribution in [-0.2, 0) is 11.2 Å². The van der Waals surface area contributed by atoms with Gasteiger partial charge in [0.05, 0.1) is 16.9 Å². The molecule has 0 radical (unpaired) electrons. The van der Waals surface area contributed by atoms with Crippen molar-refractivity contribution >= 4 is 27.7 Å². The molecule has 1 aliphatic heterocycles. The molecule has 0 atom stereocenters. The van der Waals surface area contributed by atoms with E-state index >= 15 is 0 Å². The fourth-order valence-corrected chi connectivity index (χ4v) is 5.06. The summed E-state index contributed by atoms with van der Waals surface area (Å²) < 4.78 is 0. The van der Waals surface area contributed by atoms with E-state index in [1.807, 2.05) is 24.1 Å². The zero-order chi connectivity index (χ0) is 22.8. The van der Waals surface area contributed by atoms with E-state index in [4.69, 9.17) is 4.98 Å². The van der Waals surface area contributed by atoms with Gasteiger partial charge >= 0.3 is 0 Å². The van der Waals surface area contributed by atoms with Crippen LogP contribution in [0.1, 0.15) is 31.2 Å². The first-order valence-corrected chi connectivity index (χ1v) is 12.0. The lowest BCUT2D eigenvalue weighted by molar-refractivity contribution is -0.132. The lowest BCUT2D eigenvalue weighted by Gasteiger charge is -2.35. The number of carbonyl (C=O) groups is 1. The number of hydrogen-bond acceptors (Lipinski definition) is 3. The van der Waals surface area contributed by atoms with Crippen LogP contribution >= 0.6 is 0 Å². The van der Waals surface area contributed by atoms with Crippen LogP contribution in [0.5, 0.6) is 0 Å². The Morgan fingerprint density at radius 2 is 1.82 bits per heavy atom. The highest BCUT2D eigenvalue weighted by Crippen LogP contribution is 2.31. The summed E-state index contributed by atoms with van der Waals surface area (Å²) in [7, 11) is 4.13. The monoisotopic (exact) mass is 440 g/mol. The molecule has 33 heavy (non-hydrogen) atoms. The highest BCUT2D eigenvalue weighted by Gasteiger charge is 2.24. The Labute approximate surface area is 195 Å². The number of piperidine rings is 1. The van der Waals surface area contributed by atoms with Crippen molar-refractivity contribution in [1.29, 1.82) is 0 Å². The summed E-state index contributed by atoms with van der Waals surface area (Å²) in [5.41, 5.74) is 5.39. The van der Waals surface area contributed by atoms with Crippen LogP contribution < -0.4 is 0 Å². The number of rotatable bonds is 6. The number of aryl methyl sites for hydroxylation is 1. The van der Waals surface area contributed by atoms with Crippen molar-refractivity contribution in [2.45, 2.75) is 38.1 Å². The van der Waals surface area contributed by atoms with Crippen LogP contribution in [0, 0.1) is 0 Å². The number of aromatic amines is 1. The first-order chi connectivity index (χ1) is 16.1. The van der Waals surface area contributed by atoms with Crippen LogP contribution in [0.3, 0.4) is 0 Å². The first-order valence-electron chi connectivity index (χ1n) is 12.0. The van der Waals surface area contributed by atoms with E-state index in [-0.39, 0.29) is 5.91 Å². The second-order valence-corrected chi connectivity index (χ2v) is 9.31. The highest BCUT2D eigenvalue weighted by atomic mass is 16.2. The molecule has 2 aromatic carbocycles. The maximum atomic E-state index is 12.9. The molecule has 0 spiro atoms. The van der Waals surface area contributed by atoms with E-state index in [1.165, 1.54) is 10.9 Å². The van der Waals surface area contributed by atoms with Crippen molar-refractivity contribution in [3.05, 3.63) is 66.2 Å². The van der Waals surface area contributed by atoms with Gasteiger partial charge < -0.3 is 14.8 Å². The molecule has 170 valence electrons. The fraction of sp³-hybridized carbons (Fsp3) is 0.357. The van der Waals surface area contributed by atoms with Gasteiger partial charge in [-0.3, -0.25) is 4.79 Å². The average Bonchev–Trinajstić information content (AvgIpc) is 3.22. The summed E-state index contributed by atoms with van der Waals surface area (Å²) >= 11 is 0. The van der Waals surface area contributed by atoms with Gasteiger partial charge in [0.1, 0.15) is 0 Å². The molecule has 1 amide bonds. The molecule has 5 heteroatoms. The van der Waals surface area contributed by atoms with E-state index in [2.05, 4.69) is 65.5 Å². The number of likely N-dealkylation sites (tertiary alicyclic amines) is 1. The third kappa shape index (κ3) is 4.51. The Balaban J connectivity index is 1.35. The lowest BCUT2D eigenvalue weighted by Crippen LogP contribution is -2.44. The topological polar surface area (TPSA) is 52.2 Å². The molecule has 0 bridgehead atoms. The van der Waals surface area contributed by atoms with Gasteiger partial charge in [-0.05, 0) is 69.6 Å². The summed E-state index contributed by atoms with van der Waals surface area (Å²) in [5.74, 6) is 0.259. The van der Waals surface area contributed by atoms with Gasteiger partial charge in [-0.1, -0.05) is 42.5 Å². The number of H-pyrrole nitrogens is 1. The van der Waals surface area contributed by atoms with Gasteiger partial charge in [0.25, 0.3) is 0 Å². The number of benzene rings is 2. The van der Waals surface area contributed by atoms with E-state index < -0.39 is 0 Å². The van der Waals surface area contributed by atoms with Crippen LogP contribution in [0.4, 0.5) is 0 Å². The third-order valence-electron chi connectivity index (χ3n) is 7.11. The van der Waals surface area contributed by atoms with Gasteiger partial charge in [0.2, 0.25) is 5.91 Å². The average molecular weight is 441 g/mol. The van der Waals surface area contributed by atoms with Gasteiger partial charge in [0.15, 0.2) is 0 Å². The molecule has 0 saturated carbocycles. The molecular weight excluding hydrogens is 408 g/mol. The number of nitrogens with one attached hydrogen (secondary N) is 1. The van der Waals surface area contributed by atoms with E-state index in [0.29, 0.717) is 12.5 Å². The van der Waals surface area contributed by atoms with Gasteiger partial charge in [-0.2, -0.15) is 0 Å². The predicted octanol–water partition coefficient (Wildman–Crippen LogP) is 5.26. The van der Waals surface area contributed by atoms with Crippen molar-refractivity contribution < 1.29 is 4.79 Å². The van der Waals surface area contributed by atoms with Gasteiger partial charge in [-0.25, -0.2) is 4.98 Å². The second kappa shape index (κ2) is 9.36. The second-order valence-electron chi connectivity index (χ2n) is 9.31. The number of amides is 1. The van der Waals surface area contributed by atoms with Crippen LogP contribution in [0.25, 0.3) is 33.2 Å². The van der Waals surface area contributed by atoms with Crippen molar-refractivity contribution in [3.63, 3.8) is 0 Å². The number of carbonyl (C=O) groups excluding carboxylic acids is 1. The number of nitrogens with zero attached hydrogens (tertiary/aromatic N) is 3. The molecule has 0 aliphatic carbocycles. The molecule has 5 nitrogen and oxygen atoms in total. The van der Waals surface area contributed by atoms with Crippen LogP contribution in [0.2, 0.25) is 0 Å². The fourth-order valence-electron chi connectivity index (χ4n) is 5.06. The minimum absolute atomic E-state index is 0.259. The van der Waals surface area contributed by atoms with Crippen molar-refractivity contribution in [3.8, 4) is 11.4 Å². The van der Waals surface area contributed by atoms with Gasteiger partial charge in [-0.15, -0.1) is 0 Å². The smallest absolute Gasteiger partial charge is 0.222 e. The molecule has 5 rings (SSSR count). The summed E-state index contributed by atoms with van der Waals surface area (Å²) in [5, 5.41) is 2.36. The Bertz CT molecular complexity index is 1270. The van der Waals surface area contributed by atoms with E-state index in [0.717, 1.165) is 66.6 Å². The number of para-hydroxylation sites is 2. The largest absolute Gasteiger partial charge is 0.353 e. The van der Waals surface area contributed by atoms with Crippen LogP contribution in [-0.4, -0.2) is 58.9 Å². The maximum Gasteiger partial charge on any atom is 0.222 e. The van der Waals surface area contributed by atoms with Gasteiger partial charge in [0, 0.05) is 35.8 Å². The number of pyridine rings is 1. The van der Waals surface area contributed by atoms with Crippen LogP contribution in [0.15, 0.2) is 60.7 Å². The number of aromatic nitrogens is 2. The zero-order valence-corrected chi connectivity index (χ0v) is 19.6. The minimum Gasteiger partial charge on any atom is -0.353 e. The van der Waals surface area contributed by atoms with E-state index in [1.54, 1.807) is 0 Å². The maximum absolute atomic E-state index is 12.9. The minimum atomic E-state index is 0.259. The molecule has 1 N–H and O–H groups in total. The standard InChI is InChI=1S/C28H32N4O/c1-31-18-16-21(17-19-31)32(2)27(33)13-7-10-23-22-9-4-6-12-25(22)30-28(23)26-15-14-20-8-3-5-11-24(20)29-26/h3-6,8-9,11-12,14-15,21,30H,7,10,13,16-19H2,1-2H3. The van der Waals surface area contributed by atoms with E-state index in [9.17, 15) is 4.79 Å². The summed E-state index contributed by atoms with van der Waals surface area (Å²) in [6, 6.07) is 21.2. The quantitative estimate of drug-likeness (QED) is 0.445. The summed E-state index contributed by atoms with van der Waals surface area (Å²) in [4.78, 5) is 25.8. The first kappa shape index (κ1) is 21.7. The van der Waals surface area contributed by atoms with Crippen molar-refractivity contribution in [2.24, 2.45) is 0 Å². The summed E-state index contributed by atoms with van der Waals surface area (Å²) in [6.45, 7) is 2.14. The number of hydrogen-bond donors (Lipinski definition) is 1. The highest BCUT2D eigenvalue weighted by molar-refractivity contribution is 5.91. The molecule has 0 unspecified atom stereocenters. The zero-order valence-electron chi connectivity index (χ0n) is 19.6. The van der Waals surface area contributed by atoms with Crippen molar-refractivity contribution in [1.82, 2.24) is 19.8 Å². The third-order valence-corrected chi connectivity index (χ3v) is 7.11. The normalized spacial score (nSPS) is 15.3. The molecule has 4 aromatic rings. The molecule has 3 heterocycles. The molecule has 1 aliphatic rings.